The number of nitrogens with one attached hydrogen (secondary N) is 1. The van der Waals surface area contributed by atoms with Gasteiger partial charge < -0.3 is 4.74 Å². The zero-order valence-corrected chi connectivity index (χ0v) is 14.4. The summed E-state index contributed by atoms with van der Waals surface area (Å²) in [6.45, 7) is 8.12. The highest BCUT2D eigenvalue weighted by Gasteiger charge is 2.22. The monoisotopic (exact) mass is 318 g/mol. The number of pyridine rings is 1. The van der Waals surface area contributed by atoms with Crippen molar-refractivity contribution in [3.63, 3.8) is 0 Å². The maximum Gasteiger partial charge on any atom is 0.139 e. The van der Waals surface area contributed by atoms with Gasteiger partial charge in [0.2, 0.25) is 0 Å². The van der Waals surface area contributed by atoms with E-state index in [0.717, 1.165) is 34.3 Å². The fourth-order valence-corrected chi connectivity index (χ4v) is 3.17. The molecule has 3 heteroatoms. The average Bonchev–Trinajstić information content (AvgIpc) is 2.59. The van der Waals surface area contributed by atoms with Crippen LogP contribution in [0.15, 0.2) is 48.7 Å². The molecule has 122 valence electrons. The largest absolute Gasteiger partial charge is 0.477 e. The Morgan fingerprint density at radius 3 is 2.75 bits per heavy atom. The molecule has 1 aliphatic rings. The Balaban J connectivity index is 1.94. The van der Waals surface area contributed by atoms with Crippen molar-refractivity contribution in [1.29, 1.82) is 0 Å². The summed E-state index contributed by atoms with van der Waals surface area (Å²) >= 11 is 0. The van der Waals surface area contributed by atoms with Gasteiger partial charge in [-0.05, 0) is 29.2 Å². The van der Waals surface area contributed by atoms with Crippen LogP contribution < -0.4 is 10.1 Å². The first-order chi connectivity index (χ1) is 11.5. The van der Waals surface area contributed by atoms with E-state index < -0.39 is 0 Å². The van der Waals surface area contributed by atoms with Crippen LogP contribution in [-0.2, 0) is 12.0 Å². The van der Waals surface area contributed by atoms with E-state index in [9.17, 15) is 0 Å². The molecule has 0 aliphatic carbocycles. The van der Waals surface area contributed by atoms with E-state index in [-0.39, 0.29) is 5.41 Å². The maximum atomic E-state index is 5.95. The molecule has 2 heterocycles. The lowest BCUT2D eigenvalue weighted by molar-refractivity contribution is 0.258. The molecule has 4 rings (SSSR count). The normalized spacial score (nSPS) is 14.3. The molecule has 3 aromatic rings. The number of para-hydroxylation sites is 1. The van der Waals surface area contributed by atoms with E-state index >= 15 is 0 Å². The summed E-state index contributed by atoms with van der Waals surface area (Å²) in [5.74, 6) is 0.985. The SMILES string of the molecule is CC(C)(C)c1cc2c(c(-c3cnc4ccccc4c3)c1)OCNC2. The Morgan fingerprint density at radius 1 is 1.08 bits per heavy atom. The summed E-state index contributed by atoms with van der Waals surface area (Å²) in [5.41, 5.74) is 5.89. The van der Waals surface area contributed by atoms with E-state index in [4.69, 9.17) is 4.74 Å². The number of hydrogen-bond donors (Lipinski definition) is 1. The van der Waals surface area contributed by atoms with Crippen molar-refractivity contribution in [3.05, 3.63) is 59.8 Å². The van der Waals surface area contributed by atoms with E-state index in [1.54, 1.807) is 0 Å². The zero-order chi connectivity index (χ0) is 16.7. The molecule has 1 N–H and O–H groups in total. The topological polar surface area (TPSA) is 34.1 Å². The van der Waals surface area contributed by atoms with Crippen LogP contribution in [0.5, 0.6) is 5.75 Å². The number of aromatic nitrogens is 1. The molecular weight excluding hydrogens is 296 g/mol. The first-order valence-corrected chi connectivity index (χ1v) is 8.38. The third-order valence-electron chi connectivity index (χ3n) is 4.57. The van der Waals surface area contributed by atoms with Gasteiger partial charge in [-0.15, -0.1) is 0 Å². The van der Waals surface area contributed by atoms with Crippen molar-refractivity contribution in [2.45, 2.75) is 32.7 Å². The fraction of sp³-hybridized carbons (Fsp3) is 0.286. The molecule has 0 amide bonds. The molecular formula is C21H22N2O. The smallest absolute Gasteiger partial charge is 0.139 e. The number of ether oxygens (including phenoxy) is 1. The quantitative estimate of drug-likeness (QED) is 0.710. The molecule has 0 unspecified atom stereocenters. The summed E-state index contributed by atoms with van der Waals surface area (Å²) in [6.07, 6.45) is 1.95. The Bertz CT molecular complexity index is 909. The van der Waals surface area contributed by atoms with Gasteiger partial charge in [0.25, 0.3) is 0 Å². The summed E-state index contributed by atoms with van der Waals surface area (Å²) in [7, 11) is 0. The molecule has 0 bridgehead atoms. The second-order valence-electron chi connectivity index (χ2n) is 7.39. The van der Waals surface area contributed by atoms with Crippen molar-refractivity contribution in [3.8, 4) is 16.9 Å². The molecule has 1 aliphatic heterocycles. The van der Waals surface area contributed by atoms with Gasteiger partial charge in [0.1, 0.15) is 12.5 Å². The summed E-state index contributed by atoms with van der Waals surface area (Å²) in [5, 5.41) is 4.44. The zero-order valence-electron chi connectivity index (χ0n) is 14.4. The van der Waals surface area contributed by atoms with Crippen molar-refractivity contribution in [2.24, 2.45) is 0 Å². The Morgan fingerprint density at radius 2 is 1.92 bits per heavy atom. The Kier molecular flexibility index (Phi) is 3.54. The van der Waals surface area contributed by atoms with Crippen LogP contribution in [0.3, 0.4) is 0 Å². The standard InChI is InChI=1S/C21H22N2O/c1-21(2,3)17-9-16-11-22-13-24-20(16)18(10-17)15-8-14-6-4-5-7-19(14)23-12-15/h4-10,12,22H,11,13H2,1-3H3. The minimum atomic E-state index is 0.0888. The number of nitrogens with zero attached hydrogens (tertiary/aromatic N) is 1. The van der Waals surface area contributed by atoms with Crippen LogP contribution in [0.4, 0.5) is 0 Å². The van der Waals surface area contributed by atoms with E-state index in [1.165, 1.54) is 11.1 Å². The second kappa shape index (κ2) is 5.60. The number of benzene rings is 2. The maximum absolute atomic E-state index is 5.95. The first-order valence-electron chi connectivity index (χ1n) is 8.38. The summed E-state index contributed by atoms with van der Waals surface area (Å²) in [4.78, 5) is 4.63. The molecule has 0 spiro atoms. The predicted molar refractivity (Wildman–Crippen MR) is 98.2 cm³/mol. The lowest BCUT2D eigenvalue weighted by Gasteiger charge is -2.27. The van der Waals surface area contributed by atoms with Gasteiger partial charge in [-0.3, -0.25) is 10.3 Å². The molecule has 0 saturated carbocycles. The van der Waals surface area contributed by atoms with Crippen molar-refractivity contribution in [1.82, 2.24) is 10.3 Å². The van der Waals surface area contributed by atoms with Gasteiger partial charge in [0.05, 0.1) is 5.52 Å². The molecule has 3 nitrogen and oxygen atoms in total. The molecule has 2 aromatic carbocycles. The molecule has 0 atom stereocenters. The van der Waals surface area contributed by atoms with E-state index in [0.29, 0.717) is 6.73 Å². The highest BCUT2D eigenvalue weighted by atomic mass is 16.5. The summed E-state index contributed by atoms with van der Waals surface area (Å²) < 4.78 is 5.95. The highest BCUT2D eigenvalue weighted by molar-refractivity contribution is 5.85. The van der Waals surface area contributed by atoms with Crippen LogP contribution in [0.25, 0.3) is 22.0 Å². The number of rotatable bonds is 1. The third-order valence-corrected chi connectivity index (χ3v) is 4.57. The highest BCUT2D eigenvalue weighted by Crippen LogP contribution is 2.39. The van der Waals surface area contributed by atoms with E-state index in [2.05, 4.69) is 61.4 Å². The molecule has 24 heavy (non-hydrogen) atoms. The van der Waals surface area contributed by atoms with Gasteiger partial charge in [-0.25, -0.2) is 0 Å². The minimum Gasteiger partial charge on any atom is -0.477 e. The third kappa shape index (κ3) is 2.65. The van der Waals surface area contributed by atoms with Gasteiger partial charge >= 0.3 is 0 Å². The van der Waals surface area contributed by atoms with Crippen LogP contribution in [0.1, 0.15) is 31.9 Å². The Hall–Kier alpha value is -2.39. The average molecular weight is 318 g/mol. The number of hydrogen-bond acceptors (Lipinski definition) is 3. The van der Waals surface area contributed by atoms with Crippen molar-refractivity contribution < 1.29 is 4.74 Å². The predicted octanol–water partition coefficient (Wildman–Crippen LogP) is 4.64. The minimum absolute atomic E-state index is 0.0888. The van der Waals surface area contributed by atoms with Crippen LogP contribution in [0, 0.1) is 0 Å². The van der Waals surface area contributed by atoms with Crippen LogP contribution in [0.2, 0.25) is 0 Å². The van der Waals surface area contributed by atoms with Gasteiger partial charge in [-0.2, -0.15) is 0 Å². The first kappa shape index (κ1) is 15.2. The molecule has 0 radical (unpaired) electrons. The summed E-state index contributed by atoms with van der Waals surface area (Å²) in [6, 6.07) is 14.9. The number of fused-ring (bicyclic) bond motifs is 2. The van der Waals surface area contributed by atoms with Crippen LogP contribution in [-0.4, -0.2) is 11.7 Å². The Labute approximate surface area is 142 Å². The van der Waals surface area contributed by atoms with Crippen molar-refractivity contribution >= 4 is 10.9 Å². The lowest BCUT2D eigenvalue weighted by Crippen LogP contribution is -2.26. The van der Waals surface area contributed by atoms with E-state index in [1.807, 2.05) is 18.3 Å². The molecule has 1 aromatic heterocycles. The second-order valence-corrected chi connectivity index (χ2v) is 7.39. The van der Waals surface area contributed by atoms with Gasteiger partial charge in [-0.1, -0.05) is 45.0 Å². The fourth-order valence-electron chi connectivity index (χ4n) is 3.17. The lowest BCUT2D eigenvalue weighted by atomic mass is 9.83. The molecule has 0 fully saturated rings. The van der Waals surface area contributed by atoms with Crippen LogP contribution >= 0.6 is 0 Å². The molecule has 0 saturated heterocycles. The van der Waals surface area contributed by atoms with Gasteiger partial charge in [0, 0.05) is 34.8 Å². The van der Waals surface area contributed by atoms with Crippen molar-refractivity contribution in [2.75, 3.05) is 6.73 Å². The van der Waals surface area contributed by atoms with Gasteiger partial charge in [0.15, 0.2) is 0 Å².